The summed E-state index contributed by atoms with van der Waals surface area (Å²) < 4.78 is 2.79. The lowest BCUT2D eigenvalue weighted by Crippen LogP contribution is -2.37. The van der Waals surface area contributed by atoms with Crippen LogP contribution < -0.4 is 10.1 Å². The Balaban J connectivity index is 1.86. The number of hydrogen-bond donors (Lipinski definition) is 0. The predicted molar refractivity (Wildman–Crippen MR) is 136 cm³/mol. The van der Waals surface area contributed by atoms with Gasteiger partial charge in [-0.3, -0.25) is 0 Å². The van der Waals surface area contributed by atoms with E-state index < -0.39 is 8.07 Å². The fourth-order valence-corrected chi connectivity index (χ4v) is 6.72. The van der Waals surface area contributed by atoms with E-state index >= 15 is 0 Å². The highest BCUT2D eigenvalue weighted by molar-refractivity contribution is 7.26. The molecule has 0 saturated carbocycles. The first-order valence-corrected chi connectivity index (χ1v) is 14.7. The van der Waals surface area contributed by atoms with Gasteiger partial charge in [0.2, 0.25) is 0 Å². The summed E-state index contributed by atoms with van der Waals surface area (Å²) in [6, 6.07) is 22.7. The molecule has 0 radical (unpaired) electrons. The van der Waals surface area contributed by atoms with Gasteiger partial charge in [-0.15, -0.1) is 11.3 Å². The van der Waals surface area contributed by atoms with Crippen molar-refractivity contribution in [2.75, 3.05) is 11.9 Å². The van der Waals surface area contributed by atoms with Gasteiger partial charge in [0.15, 0.2) is 0 Å². The molecule has 3 heteroatoms. The summed E-state index contributed by atoms with van der Waals surface area (Å²) in [5.74, 6) is 0. The Morgan fingerprint density at radius 3 is 1.93 bits per heavy atom. The van der Waals surface area contributed by atoms with Gasteiger partial charge in [0.25, 0.3) is 0 Å². The van der Waals surface area contributed by atoms with Gasteiger partial charge in [-0.25, -0.2) is 0 Å². The number of thiophene rings is 1. The predicted octanol–water partition coefficient (Wildman–Crippen LogP) is 7.67. The van der Waals surface area contributed by atoms with Crippen molar-refractivity contribution in [2.24, 2.45) is 0 Å². The zero-order valence-corrected chi connectivity index (χ0v) is 20.4. The van der Waals surface area contributed by atoms with Crippen LogP contribution in [0.1, 0.15) is 26.3 Å². The molecule has 3 aromatic carbocycles. The highest BCUT2D eigenvalue weighted by atomic mass is 32.1. The average molecular weight is 418 g/mol. The van der Waals surface area contributed by atoms with Crippen molar-refractivity contribution >= 4 is 56.1 Å². The zero-order valence-electron chi connectivity index (χ0n) is 18.6. The van der Waals surface area contributed by atoms with Crippen LogP contribution in [-0.4, -0.2) is 15.1 Å². The Kier molecular flexibility index (Phi) is 4.87. The van der Waals surface area contributed by atoms with Crippen molar-refractivity contribution in [1.29, 1.82) is 0 Å². The number of anilines is 2. The Bertz CT molecular complexity index is 1170. The van der Waals surface area contributed by atoms with Crippen molar-refractivity contribution in [2.45, 2.75) is 45.8 Å². The normalized spacial score (nSPS) is 12.7. The van der Waals surface area contributed by atoms with E-state index in [2.05, 4.69) is 113 Å². The van der Waals surface area contributed by atoms with Gasteiger partial charge in [0, 0.05) is 28.2 Å². The Labute approximate surface area is 180 Å². The first-order chi connectivity index (χ1) is 13.6. The molecule has 0 atom stereocenters. The molecule has 0 aliphatic heterocycles. The van der Waals surface area contributed by atoms with Crippen LogP contribution in [-0.2, 0) is 5.41 Å². The first kappa shape index (κ1) is 20.2. The molecule has 4 aromatic rings. The maximum Gasteiger partial charge on any atom is 0.0775 e. The van der Waals surface area contributed by atoms with Gasteiger partial charge in [0.1, 0.15) is 0 Å². The van der Waals surface area contributed by atoms with Crippen molar-refractivity contribution in [1.82, 2.24) is 0 Å². The van der Waals surface area contributed by atoms with E-state index in [4.69, 9.17) is 0 Å². The topological polar surface area (TPSA) is 3.24 Å². The second-order valence-electron chi connectivity index (χ2n) is 10.0. The Morgan fingerprint density at radius 2 is 1.34 bits per heavy atom. The molecule has 1 aromatic heterocycles. The molecule has 0 aliphatic carbocycles. The highest BCUT2D eigenvalue weighted by Gasteiger charge is 2.21. The Morgan fingerprint density at radius 1 is 0.759 bits per heavy atom. The van der Waals surface area contributed by atoms with Crippen LogP contribution in [0.15, 0.2) is 60.7 Å². The van der Waals surface area contributed by atoms with Gasteiger partial charge in [-0.2, -0.15) is 0 Å². The molecule has 0 aliphatic rings. The fourth-order valence-electron chi connectivity index (χ4n) is 3.98. The third-order valence-corrected chi connectivity index (χ3v) is 9.14. The van der Waals surface area contributed by atoms with E-state index in [9.17, 15) is 0 Å². The van der Waals surface area contributed by atoms with Crippen LogP contribution in [0.5, 0.6) is 0 Å². The second-order valence-corrected chi connectivity index (χ2v) is 16.1. The maximum atomic E-state index is 2.40. The molecular formula is C26H31NSSi. The smallest absolute Gasteiger partial charge is 0.0775 e. The third kappa shape index (κ3) is 3.62. The molecule has 0 spiro atoms. The van der Waals surface area contributed by atoms with E-state index in [0.717, 1.165) is 0 Å². The zero-order chi connectivity index (χ0) is 21.0. The molecule has 29 heavy (non-hydrogen) atoms. The maximum absolute atomic E-state index is 2.40. The van der Waals surface area contributed by atoms with Gasteiger partial charge < -0.3 is 4.90 Å². The summed E-state index contributed by atoms with van der Waals surface area (Å²) in [5.41, 5.74) is 4.10. The van der Waals surface area contributed by atoms with E-state index in [1.807, 2.05) is 11.3 Å². The highest BCUT2D eigenvalue weighted by Crippen LogP contribution is 2.44. The standard InChI is InChI=1S/C26H31NSSi/c1-26(2,3)22-12-8-10-20-21-11-9-13-23(25(21)28-24(20)22)27(4)18-14-16-19(17-15-18)29(5,6)7/h8-17H,1-7H3. The summed E-state index contributed by atoms with van der Waals surface area (Å²) in [4.78, 5) is 2.34. The summed E-state index contributed by atoms with van der Waals surface area (Å²) in [7, 11) is 0.911. The van der Waals surface area contributed by atoms with Crippen molar-refractivity contribution in [3.8, 4) is 0 Å². The minimum Gasteiger partial charge on any atom is -0.343 e. The minimum absolute atomic E-state index is 0.138. The Hall–Kier alpha value is -2.10. The van der Waals surface area contributed by atoms with E-state index in [-0.39, 0.29) is 5.41 Å². The molecule has 1 nitrogen and oxygen atoms in total. The van der Waals surface area contributed by atoms with Gasteiger partial charge in [-0.05, 0) is 29.2 Å². The first-order valence-electron chi connectivity index (χ1n) is 10.4. The van der Waals surface area contributed by atoms with Crippen molar-refractivity contribution < 1.29 is 0 Å². The molecule has 0 N–H and O–H groups in total. The molecule has 0 fully saturated rings. The molecule has 1 heterocycles. The van der Waals surface area contributed by atoms with Gasteiger partial charge >= 0.3 is 0 Å². The second kappa shape index (κ2) is 7.00. The summed E-state index contributed by atoms with van der Waals surface area (Å²) in [6.45, 7) is 14.1. The van der Waals surface area contributed by atoms with Crippen LogP contribution in [0.4, 0.5) is 11.4 Å². The molecule has 4 rings (SSSR count). The molecule has 0 bridgehead atoms. The van der Waals surface area contributed by atoms with Crippen LogP contribution in [0, 0.1) is 0 Å². The number of rotatable bonds is 3. The SMILES string of the molecule is CN(c1ccc([Si](C)(C)C)cc1)c1cccc2c1sc1c(C(C)(C)C)cccc12. The van der Waals surface area contributed by atoms with Crippen LogP contribution >= 0.6 is 11.3 Å². The lowest BCUT2D eigenvalue weighted by atomic mass is 9.86. The van der Waals surface area contributed by atoms with Crippen molar-refractivity contribution in [3.63, 3.8) is 0 Å². The number of fused-ring (bicyclic) bond motifs is 3. The molecule has 0 saturated heterocycles. The van der Waals surface area contributed by atoms with E-state index in [1.165, 1.54) is 42.3 Å². The monoisotopic (exact) mass is 417 g/mol. The number of hydrogen-bond acceptors (Lipinski definition) is 2. The summed E-state index contributed by atoms with van der Waals surface area (Å²) in [5, 5.41) is 4.24. The lowest BCUT2D eigenvalue weighted by Gasteiger charge is -2.22. The number of benzene rings is 3. The van der Waals surface area contributed by atoms with Gasteiger partial charge in [0.05, 0.1) is 18.5 Å². The summed E-state index contributed by atoms with van der Waals surface area (Å²) >= 11 is 1.94. The largest absolute Gasteiger partial charge is 0.343 e. The van der Waals surface area contributed by atoms with E-state index in [0.29, 0.717) is 0 Å². The molecule has 0 amide bonds. The quantitative estimate of drug-likeness (QED) is 0.309. The summed E-state index contributed by atoms with van der Waals surface area (Å²) in [6.07, 6.45) is 0. The van der Waals surface area contributed by atoms with Gasteiger partial charge in [-0.1, -0.05) is 88.1 Å². The number of nitrogens with zero attached hydrogens (tertiary/aromatic N) is 1. The minimum atomic E-state index is -1.28. The van der Waals surface area contributed by atoms with Crippen molar-refractivity contribution in [3.05, 3.63) is 66.2 Å². The molecule has 150 valence electrons. The fraction of sp³-hybridized carbons (Fsp3) is 0.308. The van der Waals surface area contributed by atoms with Crippen LogP contribution in [0.3, 0.4) is 0 Å². The lowest BCUT2D eigenvalue weighted by molar-refractivity contribution is 0.597. The van der Waals surface area contributed by atoms with Crippen LogP contribution in [0.2, 0.25) is 19.6 Å². The average Bonchev–Trinajstić information content (AvgIpc) is 3.04. The van der Waals surface area contributed by atoms with E-state index in [1.54, 1.807) is 0 Å². The third-order valence-electron chi connectivity index (χ3n) is 5.79. The molecule has 0 unspecified atom stereocenters. The molecular weight excluding hydrogens is 386 g/mol. The van der Waals surface area contributed by atoms with Crippen LogP contribution in [0.25, 0.3) is 20.2 Å².